The fourth-order valence-electron chi connectivity index (χ4n) is 12.3. The van der Waals surface area contributed by atoms with E-state index in [0.717, 1.165) is 189 Å². The van der Waals surface area contributed by atoms with Crippen molar-refractivity contribution in [1.29, 1.82) is 0 Å². The summed E-state index contributed by atoms with van der Waals surface area (Å²) >= 11 is 0. The molecule has 3 aromatic heterocycles. The normalized spacial score (nSPS) is 19.4. The van der Waals surface area contributed by atoms with Gasteiger partial charge in [0.15, 0.2) is 23.0 Å². The molecule has 6 aliphatic rings. The van der Waals surface area contributed by atoms with Crippen molar-refractivity contribution < 1.29 is 33.9 Å². The minimum atomic E-state index is -0.0902. The maximum Gasteiger partial charge on any atom is 0.252 e. The summed E-state index contributed by atoms with van der Waals surface area (Å²) in [4.78, 5) is 73.2. The lowest BCUT2D eigenvalue weighted by Crippen LogP contribution is -2.39. The second-order valence-electron chi connectivity index (χ2n) is 22.9. The van der Waals surface area contributed by atoms with Crippen molar-refractivity contribution in [2.45, 2.75) is 88.8 Å². The van der Waals surface area contributed by atoms with Gasteiger partial charge in [0.2, 0.25) is 17.8 Å². The fraction of sp³-hybridized carbons (Fsp3) is 0.524. The molecule has 6 saturated heterocycles. The van der Waals surface area contributed by atoms with Crippen LogP contribution >= 0.6 is 0 Å². The fourth-order valence-corrected chi connectivity index (χ4v) is 12.3. The molecule has 0 saturated carbocycles. The van der Waals surface area contributed by atoms with E-state index < -0.39 is 0 Å². The van der Waals surface area contributed by atoms with Crippen molar-refractivity contribution in [2.24, 2.45) is 0 Å². The first kappa shape index (κ1) is 60.6. The number of methoxy groups -OCH3 is 3. The third-order valence-electron chi connectivity index (χ3n) is 17.1. The summed E-state index contributed by atoms with van der Waals surface area (Å²) in [5.41, 5.74) is 5.90. The highest BCUT2D eigenvalue weighted by atomic mass is 16.5. The highest BCUT2D eigenvalue weighted by molar-refractivity contribution is 5.43. The first-order valence-electron chi connectivity index (χ1n) is 30.2. The third-order valence-corrected chi connectivity index (χ3v) is 17.1. The summed E-state index contributed by atoms with van der Waals surface area (Å²) in [6.45, 7) is 15.9. The van der Waals surface area contributed by atoms with Crippen LogP contribution in [0, 0.1) is 0 Å². The average Bonchev–Trinajstić information content (AvgIpc) is 4.20. The molecular formula is C63H84N12O10. The number of likely N-dealkylation sites (tertiary alicyclic amines) is 3. The Balaban J connectivity index is 0.000000142. The number of aromatic amines is 3. The summed E-state index contributed by atoms with van der Waals surface area (Å²) in [5, 5.41) is 20.0. The molecule has 22 nitrogen and oxygen atoms in total. The Labute approximate surface area is 496 Å². The largest absolute Gasteiger partial charge is 0.504 e. The van der Waals surface area contributed by atoms with Gasteiger partial charge in [-0.2, -0.15) is 0 Å². The van der Waals surface area contributed by atoms with E-state index in [1.165, 1.54) is 5.56 Å². The second-order valence-corrected chi connectivity index (χ2v) is 22.9. The first-order chi connectivity index (χ1) is 41.4. The molecule has 456 valence electrons. The summed E-state index contributed by atoms with van der Waals surface area (Å²) in [5.74, 6) is 5.15. The highest BCUT2D eigenvalue weighted by Crippen LogP contribution is 2.33. The van der Waals surface area contributed by atoms with Crippen LogP contribution < -0.4 is 45.6 Å². The Morgan fingerprint density at radius 1 is 0.447 bits per heavy atom. The van der Waals surface area contributed by atoms with E-state index in [1.54, 1.807) is 63.8 Å². The van der Waals surface area contributed by atoms with Crippen molar-refractivity contribution in [1.82, 2.24) is 44.6 Å². The summed E-state index contributed by atoms with van der Waals surface area (Å²) < 4.78 is 26.2. The molecule has 9 heterocycles. The topological polar surface area (TPSA) is 243 Å². The van der Waals surface area contributed by atoms with E-state index in [2.05, 4.69) is 56.5 Å². The van der Waals surface area contributed by atoms with Gasteiger partial charge >= 0.3 is 0 Å². The number of phenols is 2. The van der Waals surface area contributed by atoms with Gasteiger partial charge in [-0.1, -0.05) is 24.3 Å². The van der Waals surface area contributed by atoms with Gasteiger partial charge in [-0.3, -0.25) is 44.0 Å². The van der Waals surface area contributed by atoms with E-state index in [0.29, 0.717) is 55.7 Å². The smallest absolute Gasteiger partial charge is 0.252 e. The van der Waals surface area contributed by atoms with Crippen molar-refractivity contribution in [3.8, 4) is 28.7 Å². The molecule has 22 heteroatoms. The Kier molecular flexibility index (Phi) is 21.1. The first-order valence-corrected chi connectivity index (χ1v) is 30.2. The summed E-state index contributed by atoms with van der Waals surface area (Å²) in [7, 11) is 4.79. The number of aromatic nitrogens is 6. The molecule has 6 fully saturated rings. The van der Waals surface area contributed by atoms with Gasteiger partial charge in [0.25, 0.3) is 16.7 Å². The lowest BCUT2D eigenvalue weighted by Gasteiger charge is -2.32. The Morgan fingerprint density at radius 3 is 1.27 bits per heavy atom. The maximum atomic E-state index is 12.2. The minimum Gasteiger partial charge on any atom is -0.504 e. The molecule has 6 aliphatic heterocycles. The van der Waals surface area contributed by atoms with Crippen molar-refractivity contribution in [2.75, 3.05) is 141 Å². The molecule has 85 heavy (non-hydrogen) atoms. The number of nitrogens with one attached hydrogen (secondary N) is 3. The van der Waals surface area contributed by atoms with E-state index in [9.17, 15) is 24.6 Å². The van der Waals surface area contributed by atoms with Gasteiger partial charge in [0.05, 0.1) is 64.8 Å². The molecule has 12 rings (SSSR count). The lowest BCUT2D eigenvalue weighted by molar-refractivity contribution is 0.122. The number of hydrogen-bond acceptors (Lipinski definition) is 19. The lowest BCUT2D eigenvalue weighted by atomic mass is 9.93. The number of H-pyrrole nitrogens is 3. The molecule has 5 N–H and O–H groups in total. The Morgan fingerprint density at radius 2 is 0.847 bits per heavy atom. The van der Waals surface area contributed by atoms with Gasteiger partial charge < -0.3 is 48.6 Å². The number of nitrogens with zero attached hydrogens (tertiary/aromatic N) is 9. The van der Waals surface area contributed by atoms with Crippen LogP contribution in [0.3, 0.4) is 0 Å². The van der Waals surface area contributed by atoms with Crippen LogP contribution in [0.5, 0.6) is 28.7 Å². The number of piperidine rings is 3. The van der Waals surface area contributed by atoms with E-state index >= 15 is 0 Å². The molecular weight excluding hydrogens is 1080 g/mol. The molecule has 0 spiro atoms. The van der Waals surface area contributed by atoms with Crippen LogP contribution in [0.4, 0.5) is 17.8 Å². The number of rotatable bonds is 15. The monoisotopic (exact) mass is 1170 g/mol. The van der Waals surface area contributed by atoms with Crippen molar-refractivity contribution >= 4 is 17.8 Å². The SMILES string of the molecule is COc1ccc(CN2CCC(c3cc(=O)[nH]c(N4CCOCC4)n3)CC2)cc1.COc1ccc(CN2CCC(c3cc(=O)[nH]c(N4CCOCC4)n3)CC2)cc1O.COc1ccc(CN2CCCC(c3cc(=O)[nH]c(N4CCCC4)n3)C2)cc1O. The predicted molar refractivity (Wildman–Crippen MR) is 326 cm³/mol. The predicted octanol–water partition coefficient (Wildman–Crippen LogP) is 6.16. The number of morpholine rings is 2. The number of anilines is 3. The number of phenolic OH excluding ortho intramolecular Hbond substituents is 2. The van der Waals surface area contributed by atoms with Crippen LogP contribution in [0.15, 0.2) is 93.2 Å². The highest BCUT2D eigenvalue weighted by Gasteiger charge is 2.28. The third kappa shape index (κ3) is 16.7. The maximum absolute atomic E-state index is 12.2. The average molecular weight is 1170 g/mol. The van der Waals surface area contributed by atoms with Crippen LogP contribution in [-0.2, 0) is 29.1 Å². The van der Waals surface area contributed by atoms with Crippen LogP contribution in [0.1, 0.15) is 103 Å². The zero-order valence-electron chi connectivity index (χ0n) is 49.5. The van der Waals surface area contributed by atoms with Crippen LogP contribution in [0.2, 0.25) is 0 Å². The molecule has 1 unspecified atom stereocenters. The standard InChI is InChI=1S/C21H28N4O4.2C21H28N4O3/c1-28-19-3-2-15(12-18(19)26)14-24-6-4-16(5-7-24)17-13-20(27)23-21(22-17)25-8-10-29-11-9-25;1-27-18-4-2-16(3-5-18)15-24-8-6-17(7-9-24)19-14-20(26)23-21(22-19)25-10-12-28-13-11-25;1-28-19-7-6-15(11-18(19)26)13-24-8-4-5-16(14-24)17-12-20(27)23-21(22-17)25-9-2-3-10-25/h2-3,12-13,16,26H,4-11,14H2,1H3,(H,22,23,27);2-5,14,17H,6-13,15H2,1H3,(H,22,23,26);6-7,11-12,16,26H,2-5,8-10,13-14H2,1H3,(H,22,23,27). The van der Waals surface area contributed by atoms with Crippen LogP contribution in [0.25, 0.3) is 0 Å². The Hall–Kier alpha value is -7.50. The van der Waals surface area contributed by atoms with Gasteiger partial charge in [0.1, 0.15) is 5.75 Å². The van der Waals surface area contributed by atoms with Crippen molar-refractivity contribution in [3.63, 3.8) is 0 Å². The summed E-state index contributed by atoms with van der Waals surface area (Å²) in [6, 6.07) is 24.3. The molecule has 0 aliphatic carbocycles. The zero-order valence-corrected chi connectivity index (χ0v) is 49.5. The van der Waals surface area contributed by atoms with Crippen molar-refractivity contribution in [3.05, 3.63) is 144 Å². The van der Waals surface area contributed by atoms with Gasteiger partial charge in [0, 0.05) is 101 Å². The van der Waals surface area contributed by atoms with Gasteiger partial charge in [-0.05, 0) is 137 Å². The second kappa shape index (κ2) is 29.5. The molecule has 1 atom stereocenters. The van der Waals surface area contributed by atoms with Gasteiger partial charge in [-0.25, -0.2) is 15.0 Å². The van der Waals surface area contributed by atoms with E-state index in [4.69, 9.17) is 38.6 Å². The number of hydrogen-bond donors (Lipinski definition) is 5. The van der Waals surface area contributed by atoms with E-state index in [1.807, 2.05) is 24.3 Å². The van der Waals surface area contributed by atoms with Crippen LogP contribution in [-0.4, -0.2) is 181 Å². The number of aromatic hydroxyl groups is 2. The zero-order chi connectivity index (χ0) is 59.1. The molecule has 0 bridgehead atoms. The molecule has 3 aromatic carbocycles. The molecule has 0 radical (unpaired) electrons. The Bertz CT molecular complexity index is 3270. The minimum absolute atomic E-state index is 0.0628. The number of ether oxygens (including phenoxy) is 5. The molecule has 6 aromatic rings. The quantitative estimate of drug-likeness (QED) is 0.0773. The molecule has 0 amide bonds. The van der Waals surface area contributed by atoms with Gasteiger partial charge in [-0.15, -0.1) is 0 Å². The van der Waals surface area contributed by atoms with E-state index in [-0.39, 0.29) is 40.0 Å². The summed E-state index contributed by atoms with van der Waals surface area (Å²) in [6.07, 6.45) is 8.38. The number of benzene rings is 3.